The van der Waals surface area contributed by atoms with Gasteiger partial charge in [-0.15, -0.1) is 0 Å². The van der Waals surface area contributed by atoms with Gasteiger partial charge in [0.05, 0.1) is 5.56 Å². The summed E-state index contributed by atoms with van der Waals surface area (Å²) < 4.78 is 37.7. The number of halogens is 3. The Morgan fingerprint density at radius 2 is 1.62 bits per heavy atom. The van der Waals surface area contributed by atoms with Crippen LogP contribution in [0, 0.1) is 0 Å². The molecule has 112 valence electrons. The smallest absolute Gasteiger partial charge is 0.310 e. The highest BCUT2D eigenvalue weighted by molar-refractivity contribution is 5.64. The van der Waals surface area contributed by atoms with Gasteiger partial charge in [0.15, 0.2) is 0 Å². The van der Waals surface area contributed by atoms with E-state index in [4.69, 9.17) is 0 Å². The van der Waals surface area contributed by atoms with Crippen LogP contribution in [0.2, 0.25) is 0 Å². The van der Waals surface area contributed by atoms with Crippen molar-refractivity contribution in [3.8, 4) is 11.1 Å². The van der Waals surface area contributed by atoms with Crippen LogP contribution in [0.15, 0.2) is 48.5 Å². The summed E-state index contributed by atoms with van der Waals surface area (Å²) in [5, 5.41) is 3.32. The summed E-state index contributed by atoms with van der Waals surface area (Å²) in [5.74, 6) is 0. The minimum Gasteiger partial charge on any atom is -0.310 e. The van der Waals surface area contributed by atoms with Gasteiger partial charge in [0.1, 0.15) is 0 Å². The van der Waals surface area contributed by atoms with Gasteiger partial charge in [-0.1, -0.05) is 44.2 Å². The van der Waals surface area contributed by atoms with Crippen LogP contribution >= 0.6 is 0 Å². The highest BCUT2D eigenvalue weighted by atomic mass is 19.4. The average molecular weight is 293 g/mol. The summed E-state index contributed by atoms with van der Waals surface area (Å²) in [4.78, 5) is 0. The van der Waals surface area contributed by atoms with Crippen LogP contribution in [-0.4, -0.2) is 6.04 Å². The maximum Gasteiger partial charge on any atom is 0.416 e. The highest BCUT2D eigenvalue weighted by Gasteiger charge is 2.29. The maximum atomic E-state index is 12.6. The zero-order valence-corrected chi connectivity index (χ0v) is 12.0. The molecule has 1 nitrogen and oxygen atoms in total. The summed E-state index contributed by atoms with van der Waals surface area (Å²) in [7, 11) is 0. The zero-order valence-electron chi connectivity index (χ0n) is 12.0. The van der Waals surface area contributed by atoms with Crippen LogP contribution in [0.1, 0.15) is 25.0 Å². The number of rotatable bonds is 4. The fourth-order valence-electron chi connectivity index (χ4n) is 2.03. The van der Waals surface area contributed by atoms with Crippen LogP contribution in [0.4, 0.5) is 13.2 Å². The Hall–Kier alpha value is -1.81. The van der Waals surface area contributed by atoms with Gasteiger partial charge in [-0.2, -0.15) is 13.2 Å². The molecule has 0 aliphatic rings. The molecule has 0 aliphatic carbocycles. The van der Waals surface area contributed by atoms with Gasteiger partial charge in [0.2, 0.25) is 0 Å². The summed E-state index contributed by atoms with van der Waals surface area (Å²) in [6.45, 7) is 4.88. The van der Waals surface area contributed by atoms with Gasteiger partial charge >= 0.3 is 6.18 Å². The highest BCUT2D eigenvalue weighted by Crippen LogP contribution is 2.31. The maximum absolute atomic E-state index is 12.6. The number of nitrogens with one attached hydrogen (secondary N) is 1. The normalized spacial score (nSPS) is 11.9. The summed E-state index contributed by atoms with van der Waals surface area (Å²) in [5.41, 5.74) is 2.20. The molecule has 0 saturated carbocycles. The van der Waals surface area contributed by atoms with Gasteiger partial charge in [-0.3, -0.25) is 0 Å². The average Bonchev–Trinajstić information content (AvgIpc) is 2.45. The molecule has 0 fully saturated rings. The molecule has 2 aromatic rings. The molecule has 0 spiro atoms. The molecule has 0 heterocycles. The number of benzene rings is 2. The molecule has 21 heavy (non-hydrogen) atoms. The largest absolute Gasteiger partial charge is 0.416 e. The molecule has 1 N–H and O–H groups in total. The van der Waals surface area contributed by atoms with Gasteiger partial charge in [-0.25, -0.2) is 0 Å². The van der Waals surface area contributed by atoms with Crippen LogP contribution in [-0.2, 0) is 12.7 Å². The molecule has 2 rings (SSSR count). The van der Waals surface area contributed by atoms with Crippen molar-refractivity contribution in [2.45, 2.75) is 32.6 Å². The van der Waals surface area contributed by atoms with E-state index >= 15 is 0 Å². The zero-order chi connectivity index (χ0) is 15.5. The Morgan fingerprint density at radius 1 is 0.952 bits per heavy atom. The van der Waals surface area contributed by atoms with Crippen molar-refractivity contribution >= 4 is 0 Å². The monoisotopic (exact) mass is 293 g/mol. The van der Waals surface area contributed by atoms with Crippen molar-refractivity contribution in [2.24, 2.45) is 0 Å². The van der Waals surface area contributed by atoms with E-state index in [-0.39, 0.29) is 0 Å². The third-order valence-electron chi connectivity index (χ3n) is 3.19. The van der Waals surface area contributed by atoms with Crippen LogP contribution in [0.25, 0.3) is 11.1 Å². The first-order valence-corrected chi connectivity index (χ1v) is 6.86. The lowest BCUT2D eigenvalue weighted by atomic mass is 10.0. The standard InChI is InChI=1S/C17H18F3N/c1-12(2)21-11-13-4-3-5-15(10-13)14-6-8-16(9-7-14)17(18,19)20/h3-10,12,21H,11H2,1-2H3. The van der Waals surface area contributed by atoms with Crippen LogP contribution < -0.4 is 5.32 Å². The van der Waals surface area contributed by atoms with Crippen LogP contribution in [0.5, 0.6) is 0 Å². The lowest BCUT2D eigenvalue weighted by Gasteiger charge is -2.10. The molecule has 0 atom stereocenters. The van der Waals surface area contributed by atoms with Crippen molar-refractivity contribution < 1.29 is 13.2 Å². The molecule has 0 saturated heterocycles. The van der Waals surface area contributed by atoms with E-state index in [2.05, 4.69) is 19.2 Å². The predicted octanol–water partition coefficient (Wildman–Crippen LogP) is 4.87. The molecule has 0 aromatic heterocycles. The van der Waals surface area contributed by atoms with Crippen molar-refractivity contribution in [1.29, 1.82) is 0 Å². The Morgan fingerprint density at radius 3 is 2.19 bits per heavy atom. The van der Waals surface area contributed by atoms with E-state index in [9.17, 15) is 13.2 Å². The Balaban J connectivity index is 2.20. The van der Waals surface area contributed by atoms with Crippen molar-refractivity contribution in [3.05, 3.63) is 59.7 Å². The van der Waals surface area contributed by atoms with Crippen LogP contribution in [0.3, 0.4) is 0 Å². The SMILES string of the molecule is CC(C)NCc1cccc(-c2ccc(C(F)(F)F)cc2)c1. The molecule has 2 aromatic carbocycles. The molecule has 4 heteroatoms. The minimum atomic E-state index is -4.29. The van der Waals surface area contributed by atoms with Crippen molar-refractivity contribution in [3.63, 3.8) is 0 Å². The molecule has 0 bridgehead atoms. The number of alkyl halides is 3. The predicted molar refractivity (Wildman–Crippen MR) is 78.9 cm³/mol. The van der Waals surface area contributed by atoms with Gasteiger partial charge < -0.3 is 5.32 Å². The third kappa shape index (κ3) is 4.33. The quantitative estimate of drug-likeness (QED) is 0.848. The van der Waals surface area contributed by atoms with E-state index in [1.807, 2.05) is 24.3 Å². The first-order valence-electron chi connectivity index (χ1n) is 6.86. The Kier molecular flexibility index (Phi) is 4.68. The summed E-state index contributed by atoms with van der Waals surface area (Å²) >= 11 is 0. The Bertz CT molecular complexity index is 586. The first kappa shape index (κ1) is 15.6. The molecular weight excluding hydrogens is 275 g/mol. The van der Waals surface area contributed by atoms with Gasteiger partial charge in [0.25, 0.3) is 0 Å². The summed E-state index contributed by atoms with van der Waals surface area (Å²) in [6.07, 6.45) is -4.29. The first-order chi connectivity index (χ1) is 9.86. The van der Waals surface area contributed by atoms with E-state index < -0.39 is 11.7 Å². The molecule has 0 unspecified atom stereocenters. The number of hydrogen-bond acceptors (Lipinski definition) is 1. The Labute approximate surface area is 122 Å². The minimum absolute atomic E-state index is 0.389. The second kappa shape index (κ2) is 6.31. The molecular formula is C17H18F3N. The fraction of sp³-hybridized carbons (Fsp3) is 0.294. The topological polar surface area (TPSA) is 12.0 Å². The number of hydrogen-bond donors (Lipinski definition) is 1. The molecule has 0 amide bonds. The fourth-order valence-corrected chi connectivity index (χ4v) is 2.03. The molecule has 0 radical (unpaired) electrons. The van der Waals surface area contributed by atoms with E-state index in [0.29, 0.717) is 6.04 Å². The lowest BCUT2D eigenvalue weighted by molar-refractivity contribution is -0.137. The second-order valence-corrected chi connectivity index (χ2v) is 5.31. The van der Waals surface area contributed by atoms with Gasteiger partial charge in [0, 0.05) is 12.6 Å². The second-order valence-electron chi connectivity index (χ2n) is 5.31. The van der Waals surface area contributed by atoms with Crippen molar-refractivity contribution in [2.75, 3.05) is 0 Å². The summed E-state index contributed by atoms with van der Waals surface area (Å²) in [6, 6.07) is 13.5. The van der Waals surface area contributed by atoms with Crippen molar-refractivity contribution in [1.82, 2.24) is 5.32 Å². The van der Waals surface area contributed by atoms with E-state index in [1.165, 1.54) is 12.1 Å². The van der Waals surface area contributed by atoms with E-state index in [1.54, 1.807) is 0 Å². The van der Waals surface area contributed by atoms with E-state index in [0.717, 1.165) is 35.4 Å². The van der Waals surface area contributed by atoms with Gasteiger partial charge in [-0.05, 0) is 34.9 Å². The third-order valence-corrected chi connectivity index (χ3v) is 3.19. The lowest BCUT2D eigenvalue weighted by Crippen LogP contribution is -2.21. The molecule has 0 aliphatic heterocycles.